The number of thiophene rings is 1. The molecular weight excluding hydrogens is 284 g/mol. The third-order valence-electron chi connectivity index (χ3n) is 4.10. The van der Waals surface area contributed by atoms with Gasteiger partial charge in [-0.15, -0.1) is 11.3 Å². The van der Waals surface area contributed by atoms with E-state index in [1.165, 1.54) is 16.2 Å². The Morgan fingerprint density at radius 1 is 1.38 bits per heavy atom. The van der Waals surface area contributed by atoms with Crippen molar-refractivity contribution in [3.05, 3.63) is 16.0 Å². The van der Waals surface area contributed by atoms with Crippen LogP contribution in [0, 0.1) is 11.3 Å². The minimum absolute atomic E-state index is 0.0874. The van der Waals surface area contributed by atoms with Gasteiger partial charge in [-0.1, -0.05) is 34.1 Å². The largest absolute Gasteiger partial charge is 0.365 e. The van der Waals surface area contributed by atoms with E-state index in [1.807, 2.05) is 20.8 Å². The topological polar surface area (TPSA) is 72.2 Å². The van der Waals surface area contributed by atoms with Crippen LogP contribution in [0.15, 0.2) is 0 Å². The lowest BCUT2D eigenvalue weighted by Crippen LogP contribution is -2.28. The van der Waals surface area contributed by atoms with E-state index < -0.39 is 11.3 Å². The minimum Gasteiger partial charge on any atom is -0.365 e. The highest BCUT2D eigenvalue weighted by atomic mass is 32.1. The monoisotopic (exact) mass is 308 g/mol. The first-order valence-corrected chi connectivity index (χ1v) is 8.31. The summed E-state index contributed by atoms with van der Waals surface area (Å²) in [5.41, 5.74) is 6.64. The molecule has 21 heavy (non-hydrogen) atoms. The molecule has 2 rings (SSSR count). The third kappa shape index (κ3) is 3.28. The van der Waals surface area contributed by atoms with E-state index in [1.54, 1.807) is 0 Å². The quantitative estimate of drug-likeness (QED) is 0.899. The summed E-state index contributed by atoms with van der Waals surface area (Å²) in [6, 6.07) is 0. The number of carbonyl (C=O) groups is 2. The Morgan fingerprint density at radius 2 is 2.05 bits per heavy atom. The van der Waals surface area contributed by atoms with E-state index in [9.17, 15) is 9.59 Å². The zero-order valence-corrected chi connectivity index (χ0v) is 14.0. The van der Waals surface area contributed by atoms with Gasteiger partial charge in [0.1, 0.15) is 5.00 Å². The summed E-state index contributed by atoms with van der Waals surface area (Å²) in [5.74, 6) is 0.144. The first-order chi connectivity index (χ1) is 9.74. The molecule has 1 heterocycles. The van der Waals surface area contributed by atoms with Crippen LogP contribution >= 0.6 is 11.3 Å². The average molecular weight is 308 g/mol. The molecule has 0 spiro atoms. The molecule has 2 amide bonds. The Kier molecular flexibility index (Phi) is 4.42. The van der Waals surface area contributed by atoms with Gasteiger partial charge in [-0.25, -0.2) is 0 Å². The van der Waals surface area contributed by atoms with E-state index in [0.717, 1.165) is 31.2 Å². The van der Waals surface area contributed by atoms with Crippen molar-refractivity contribution < 1.29 is 9.59 Å². The molecule has 0 aromatic carbocycles. The van der Waals surface area contributed by atoms with Crippen molar-refractivity contribution in [3.63, 3.8) is 0 Å². The molecule has 1 aliphatic carbocycles. The zero-order valence-electron chi connectivity index (χ0n) is 13.2. The van der Waals surface area contributed by atoms with E-state index >= 15 is 0 Å². The minimum atomic E-state index is -0.495. The maximum absolute atomic E-state index is 12.2. The van der Waals surface area contributed by atoms with Crippen LogP contribution < -0.4 is 11.1 Å². The van der Waals surface area contributed by atoms with Crippen LogP contribution in [-0.2, 0) is 17.6 Å². The van der Waals surface area contributed by atoms with Gasteiger partial charge in [-0.05, 0) is 30.7 Å². The number of nitrogens with two attached hydrogens (primary N) is 1. The van der Waals surface area contributed by atoms with Crippen molar-refractivity contribution in [2.45, 2.75) is 53.4 Å². The molecule has 0 aliphatic heterocycles. The fourth-order valence-corrected chi connectivity index (χ4v) is 4.00. The molecule has 0 radical (unpaired) electrons. The highest BCUT2D eigenvalue weighted by molar-refractivity contribution is 7.17. The second-order valence-electron chi connectivity index (χ2n) is 6.79. The van der Waals surface area contributed by atoms with Gasteiger partial charge >= 0.3 is 0 Å². The molecule has 116 valence electrons. The number of rotatable bonds is 3. The summed E-state index contributed by atoms with van der Waals surface area (Å²) in [7, 11) is 0. The van der Waals surface area contributed by atoms with Crippen LogP contribution in [0.3, 0.4) is 0 Å². The van der Waals surface area contributed by atoms with Gasteiger partial charge in [0.15, 0.2) is 0 Å². The Morgan fingerprint density at radius 3 is 2.57 bits per heavy atom. The maximum atomic E-state index is 12.2. The number of carbonyl (C=O) groups excluding carboxylic acids is 2. The predicted octanol–water partition coefficient (Wildman–Crippen LogP) is 3.35. The number of fused-ring (bicyclic) bond motifs is 1. The molecule has 0 saturated heterocycles. The Bertz CT molecular complexity index is 570. The van der Waals surface area contributed by atoms with Gasteiger partial charge in [-0.2, -0.15) is 0 Å². The summed E-state index contributed by atoms with van der Waals surface area (Å²) < 4.78 is 0. The summed E-state index contributed by atoms with van der Waals surface area (Å²) >= 11 is 1.52. The average Bonchev–Trinajstić information content (AvgIpc) is 2.74. The molecule has 1 aromatic rings. The SMILES string of the molecule is CCC1CCc2c(sc(NC(=O)C(C)(C)C)c2C(N)=O)C1. The van der Waals surface area contributed by atoms with E-state index in [4.69, 9.17) is 5.73 Å². The van der Waals surface area contributed by atoms with E-state index in [-0.39, 0.29) is 5.91 Å². The van der Waals surface area contributed by atoms with Crippen molar-refractivity contribution in [3.8, 4) is 0 Å². The second-order valence-corrected chi connectivity index (χ2v) is 7.90. The highest BCUT2D eigenvalue weighted by Crippen LogP contribution is 2.40. The summed E-state index contributed by atoms with van der Waals surface area (Å²) in [4.78, 5) is 25.2. The second kappa shape index (κ2) is 5.79. The lowest BCUT2D eigenvalue weighted by atomic mass is 9.85. The van der Waals surface area contributed by atoms with Gasteiger partial charge in [0.05, 0.1) is 5.56 Å². The van der Waals surface area contributed by atoms with Crippen LogP contribution in [0.25, 0.3) is 0 Å². The standard InChI is InChI=1S/C16H24N2O2S/c1-5-9-6-7-10-11(8-9)21-14(12(10)13(17)19)18-15(20)16(2,3)4/h9H,5-8H2,1-4H3,(H2,17,19)(H,18,20). The first kappa shape index (κ1) is 16.0. The lowest BCUT2D eigenvalue weighted by molar-refractivity contribution is -0.123. The fraction of sp³-hybridized carbons (Fsp3) is 0.625. The van der Waals surface area contributed by atoms with Crippen LogP contribution in [0.5, 0.6) is 0 Å². The Labute approximate surface area is 130 Å². The van der Waals surface area contributed by atoms with E-state index in [2.05, 4.69) is 12.2 Å². The zero-order chi connectivity index (χ0) is 15.8. The maximum Gasteiger partial charge on any atom is 0.251 e. The molecule has 1 unspecified atom stereocenters. The predicted molar refractivity (Wildman–Crippen MR) is 86.7 cm³/mol. The fourth-order valence-electron chi connectivity index (χ4n) is 2.64. The molecule has 1 aliphatic rings. The number of anilines is 1. The molecule has 0 saturated carbocycles. The number of primary amides is 1. The van der Waals surface area contributed by atoms with Crippen molar-refractivity contribution >= 4 is 28.2 Å². The van der Waals surface area contributed by atoms with Crippen LogP contribution in [0.1, 0.15) is 61.3 Å². The Balaban J connectivity index is 2.36. The summed E-state index contributed by atoms with van der Waals surface area (Å²) in [6.07, 6.45) is 4.11. The van der Waals surface area contributed by atoms with E-state index in [0.29, 0.717) is 16.5 Å². The third-order valence-corrected chi connectivity index (χ3v) is 5.27. The van der Waals surface area contributed by atoms with Crippen molar-refractivity contribution in [1.82, 2.24) is 0 Å². The number of nitrogens with one attached hydrogen (secondary N) is 1. The first-order valence-electron chi connectivity index (χ1n) is 7.49. The molecule has 4 nitrogen and oxygen atoms in total. The lowest BCUT2D eigenvalue weighted by Gasteiger charge is -2.20. The van der Waals surface area contributed by atoms with Gasteiger partial charge in [0.2, 0.25) is 5.91 Å². The van der Waals surface area contributed by atoms with Gasteiger partial charge in [-0.3, -0.25) is 9.59 Å². The number of hydrogen-bond acceptors (Lipinski definition) is 3. The molecule has 0 bridgehead atoms. The molecule has 0 fully saturated rings. The molecule has 3 N–H and O–H groups in total. The van der Waals surface area contributed by atoms with Crippen molar-refractivity contribution in [2.75, 3.05) is 5.32 Å². The van der Waals surface area contributed by atoms with Crippen LogP contribution in [-0.4, -0.2) is 11.8 Å². The number of hydrogen-bond donors (Lipinski definition) is 2. The van der Waals surface area contributed by atoms with Crippen molar-refractivity contribution in [1.29, 1.82) is 0 Å². The molecule has 1 aromatic heterocycles. The van der Waals surface area contributed by atoms with Gasteiger partial charge in [0, 0.05) is 10.3 Å². The van der Waals surface area contributed by atoms with Crippen LogP contribution in [0.2, 0.25) is 0 Å². The number of amides is 2. The van der Waals surface area contributed by atoms with Gasteiger partial charge in [0.25, 0.3) is 5.91 Å². The normalized spacial score (nSPS) is 18.2. The summed E-state index contributed by atoms with van der Waals surface area (Å²) in [6.45, 7) is 7.76. The van der Waals surface area contributed by atoms with Crippen molar-refractivity contribution in [2.24, 2.45) is 17.1 Å². The summed E-state index contributed by atoms with van der Waals surface area (Å²) in [5, 5.41) is 3.53. The molecular formula is C16H24N2O2S. The smallest absolute Gasteiger partial charge is 0.251 e. The highest BCUT2D eigenvalue weighted by Gasteiger charge is 2.30. The molecule has 5 heteroatoms. The molecule has 1 atom stereocenters. The van der Waals surface area contributed by atoms with Gasteiger partial charge < -0.3 is 11.1 Å². The van der Waals surface area contributed by atoms with Crippen LogP contribution in [0.4, 0.5) is 5.00 Å². The Hall–Kier alpha value is -1.36.